The van der Waals surface area contributed by atoms with Crippen LogP contribution in [-0.4, -0.2) is 38.0 Å². The molecule has 0 aromatic heterocycles. The maximum Gasteiger partial charge on any atom is 0.314 e. The average molecular weight is 397 g/mol. The summed E-state index contributed by atoms with van der Waals surface area (Å²) in [5.41, 5.74) is 4.33. The average Bonchev–Trinajstić information content (AvgIpc) is 2.72. The summed E-state index contributed by atoms with van der Waals surface area (Å²) in [6.45, 7) is 14.0. The third-order valence-corrected chi connectivity index (χ3v) is 5.05. The highest BCUT2D eigenvalue weighted by Crippen LogP contribution is 2.23. The Labute approximate surface area is 173 Å². The normalized spacial score (nSPS) is 10.4. The first kappa shape index (κ1) is 22.3. The Morgan fingerprint density at radius 2 is 1.21 bits per heavy atom. The summed E-state index contributed by atoms with van der Waals surface area (Å²) >= 11 is 0. The fourth-order valence-corrected chi connectivity index (χ4v) is 3.28. The second kappa shape index (κ2) is 10.5. The van der Waals surface area contributed by atoms with Crippen LogP contribution < -0.4 is 20.4 Å². The summed E-state index contributed by atoms with van der Waals surface area (Å²) in [6, 6.07) is 13.3. The van der Waals surface area contributed by atoms with Crippen molar-refractivity contribution in [3.8, 4) is 0 Å². The zero-order valence-electron chi connectivity index (χ0n) is 18.1. The van der Waals surface area contributed by atoms with Crippen LogP contribution in [-0.2, 0) is 9.59 Å². The molecule has 6 heteroatoms. The molecule has 156 valence electrons. The molecule has 2 N–H and O–H groups in total. The summed E-state index contributed by atoms with van der Waals surface area (Å²) in [7, 11) is 0. The molecule has 0 saturated heterocycles. The first-order valence-corrected chi connectivity index (χ1v) is 10.3. The van der Waals surface area contributed by atoms with Gasteiger partial charge in [0.15, 0.2) is 0 Å². The van der Waals surface area contributed by atoms with E-state index >= 15 is 0 Å². The first-order chi connectivity index (χ1) is 13.9. The zero-order chi connectivity index (χ0) is 21.4. The van der Waals surface area contributed by atoms with E-state index in [4.69, 9.17) is 0 Å². The van der Waals surface area contributed by atoms with E-state index in [0.717, 1.165) is 43.1 Å². The highest BCUT2D eigenvalue weighted by atomic mass is 16.2. The van der Waals surface area contributed by atoms with E-state index in [0.29, 0.717) is 11.4 Å². The molecular formula is C23H32N4O2. The number of amides is 2. The number of aryl methyl sites for hydroxylation is 1. The number of carbonyl (C=O) groups is 2. The highest BCUT2D eigenvalue weighted by molar-refractivity contribution is 6.43. The second-order valence-corrected chi connectivity index (χ2v) is 6.80. The van der Waals surface area contributed by atoms with Crippen molar-refractivity contribution in [2.75, 3.05) is 46.6 Å². The number of benzene rings is 2. The van der Waals surface area contributed by atoms with Gasteiger partial charge in [-0.2, -0.15) is 0 Å². The van der Waals surface area contributed by atoms with E-state index in [1.807, 2.05) is 49.4 Å². The third-order valence-electron chi connectivity index (χ3n) is 5.05. The van der Waals surface area contributed by atoms with E-state index in [1.165, 1.54) is 0 Å². The highest BCUT2D eigenvalue weighted by Gasteiger charge is 2.16. The minimum absolute atomic E-state index is 0.592. The Morgan fingerprint density at radius 3 is 1.72 bits per heavy atom. The van der Waals surface area contributed by atoms with Gasteiger partial charge in [-0.05, 0) is 82.6 Å². The molecule has 0 radical (unpaired) electrons. The van der Waals surface area contributed by atoms with Crippen LogP contribution in [0.15, 0.2) is 42.5 Å². The van der Waals surface area contributed by atoms with Gasteiger partial charge in [-0.3, -0.25) is 9.59 Å². The number of hydrogen-bond acceptors (Lipinski definition) is 4. The van der Waals surface area contributed by atoms with E-state index in [2.05, 4.69) is 48.1 Å². The van der Waals surface area contributed by atoms with Crippen LogP contribution in [0.2, 0.25) is 0 Å². The van der Waals surface area contributed by atoms with E-state index in [-0.39, 0.29) is 0 Å². The lowest BCUT2D eigenvalue weighted by molar-refractivity contribution is -0.133. The van der Waals surface area contributed by atoms with Crippen LogP contribution in [0.5, 0.6) is 0 Å². The molecule has 0 heterocycles. The maximum absolute atomic E-state index is 12.3. The van der Waals surface area contributed by atoms with Crippen molar-refractivity contribution in [3.63, 3.8) is 0 Å². The monoisotopic (exact) mass is 396 g/mol. The Bertz CT molecular complexity index is 825. The number of rotatable bonds is 8. The molecule has 2 aromatic carbocycles. The van der Waals surface area contributed by atoms with Crippen LogP contribution in [0, 0.1) is 6.92 Å². The molecule has 2 amide bonds. The molecule has 6 nitrogen and oxygen atoms in total. The van der Waals surface area contributed by atoms with Gasteiger partial charge in [-0.25, -0.2) is 0 Å². The summed E-state index contributed by atoms with van der Waals surface area (Å²) in [5, 5.41) is 5.36. The number of anilines is 4. The predicted molar refractivity (Wildman–Crippen MR) is 122 cm³/mol. The lowest BCUT2D eigenvalue weighted by atomic mass is 10.1. The van der Waals surface area contributed by atoms with Crippen LogP contribution >= 0.6 is 0 Å². The van der Waals surface area contributed by atoms with Gasteiger partial charge >= 0.3 is 11.8 Å². The van der Waals surface area contributed by atoms with Crippen molar-refractivity contribution in [3.05, 3.63) is 48.0 Å². The topological polar surface area (TPSA) is 64.7 Å². The molecule has 2 aromatic rings. The predicted octanol–water partition coefficient (Wildman–Crippen LogP) is 4.26. The quantitative estimate of drug-likeness (QED) is 0.654. The van der Waals surface area contributed by atoms with Gasteiger partial charge in [-0.1, -0.05) is 0 Å². The Kier molecular flexibility index (Phi) is 8.07. The first-order valence-electron chi connectivity index (χ1n) is 10.3. The smallest absolute Gasteiger partial charge is 0.314 e. The molecule has 0 unspecified atom stereocenters. The second-order valence-electron chi connectivity index (χ2n) is 6.80. The van der Waals surface area contributed by atoms with Gasteiger partial charge in [0.25, 0.3) is 0 Å². The van der Waals surface area contributed by atoms with Crippen molar-refractivity contribution < 1.29 is 9.59 Å². The largest absolute Gasteiger partial charge is 0.372 e. The third kappa shape index (κ3) is 5.73. The van der Waals surface area contributed by atoms with E-state index < -0.39 is 11.8 Å². The van der Waals surface area contributed by atoms with Crippen molar-refractivity contribution in [2.24, 2.45) is 0 Å². The van der Waals surface area contributed by atoms with Gasteiger partial charge < -0.3 is 20.4 Å². The number of nitrogens with one attached hydrogen (secondary N) is 2. The number of nitrogens with zero attached hydrogens (tertiary/aromatic N) is 2. The fourth-order valence-electron chi connectivity index (χ4n) is 3.28. The molecule has 0 aliphatic heterocycles. The van der Waals surface area contributed by atoms with E-state index in [9.17, 15) is 9.59 Å². The minimum atomic E-state index is -0.687. The van der Waals surface area contributed by atoms with Crippen LogP contribution in [0.25, 0.3) is 0 Å². The van der Waals surface area contributed by atoms with Crippen LogP contribution in [0.3, 0.4) is 0 Å². The van der Waals surface area contributed by atoms with Crippen molar-refractivity contribution in [1.82, 2.24) is 0 Å². The van der Waals surface area contributed by atoms with Crippen molar-refractivity contribution in [2.45, 2.75) is 34.6 Å². The fraction of sp³-hybridized carbons (Fsp3) is 0.391. The lowest BCUT2D eigenvalue weighted by Crippen LogP contribution is -2.29. The molecule has 0 fully saturated rings. The molecular weight excluding hydrogens is 364 g/mol. The molecule has 0 atom stereocenters. The van der Waals surface area contributed by atoms with E-state index in [1.54, 1.807) is 0 Å². The SMILES string of the molecule is CCN(CC)c1ccc(NC(=O)C(=O)Nc2ccc(N(CC)CC)cc2C)cc1. The number of carbonyl (C=O) groups excluding carboxylic acids is 2. The van der Waals surface area contributed by atoms with Crippen LogP contribution in [0.4, 0.5) is 22.7 Å². The molecule has 0 spiro atoms. The summed E-state index contributed by atoms with van der Waals surface area (Å²) < 4.78 is 0. The van der Waals surface area contributed by atoms with Gasteiger partial charge in [0.1, 0.15) is 0 Å². The van der Waals surface area contributed by atoms with Crippen molar-refractivity contribution >= 4 is 34.6 Å². The minimum Gasteiger partial charge on any atom is -0.372 e. The Hall–Kier alpha value is -3.02. The lowest BCUT2D eigenvalue weighted by Gasteiger charge is -2.22. The van der Waals surface area contributed by atoms with Crippen LogP contribution in [0.1, 0.15) is 33.3 Å². The summed E-state index contributed by atoms with van der Waals surface area (Å²) in [6.07, 6.45) is 0. The summed E-state index contributed by atoms with van der Waals surface area (Å²) in [4.78, 5) is 29.1. The van der Waals surface area contributed by atoms with Gasteiger partial charge in [-0.15, -0.1) is 0 Å². The molecule has 2 rings (SSSR count). The maximum atomic E-state index is 12.3. The molecule has 0 saturated carbocycles. The molecule has 0 aliphatic rings. The van der Waals surface area contributed by atoms with Gasteiger partial charge in [0.2, 0.25) is 0 Å². The summed E-state index contributed by atoms with van der Waals surface area (Å²) in [5.74, 6) is -1.37. The Balaban J connectivity index is 2.01. The zero-order valence-corrected chi connectivity index (χ0v) is 18.1. The molecule has 0 aliphatic carbocycles. The number of hydrogen-bond donors (Lipinski definition) is 2. The molecule has 0 bridgehead atoms. The van der Waals surface area contributed by atoms with Gasteiger partial charge in [0.05, 0.1) is 0 Å². The Morgan fingerprint density at radius 1 is 0.724 bits per heavy atom. The van der Waals surface area contributed by atoms with Gasteiger partial charge in [0, 0.05) is 48.9 Å². The standard InChI is InChI=1S/C23H32N4O2/c1-6-26(7-2)19-12-10-18(11-13-19)24-22(28)23(29)25-21-15-14-20(16-17(21)5)27(8-3)9-4/h10-16H,6-9H2,1-5H3,(H,24,28)(H,25,29). The molecule has 29 heavy (non-hydrogen) atoms. The van der Waals surface area contributed by atoms with Crippen molar-refractivity contribution in [1.29, 1.82) is 0 Å².